The van der Waals surface area contributed by atoms with Crippen LogP contribution >= 0.6 is 0 Å². The van der Waals surface area contributed by atoms with Crippen molar-refractivity contribution in [2.75, 3.05) is 49.5 Å². The molecule has 0 saturated heterocycles. The van der Waals surface area contributed by atoms with Crippen LogP contribution in [0.25, 0.3) is 0 Å². The SMILES string of the molecule is COc1cccc(CCc2cc(Oc3c(OC)cc(CCc4cc(OC)c5c(c4)OCO5)cc3OC)c(OC)cc2OC)c1. The molecule has 0 amide bonds. The number of fused-ring (bicyclic) bond motifs is 1. The molecule has 0 aliphatic carbocycles. The fourth-order valence-corrected chi connectivity index (χ4v) is 5.22. The number of ether oxygens (including phenoxy) is 9. The summed E-state index contributed by atoms with van der Waals surface area (Å²) in [7, 11) is 9.75. The van der Waals surface area contributed by atoms with E-state index in [-0.39, 0.29) is 6.79 Å². The van der Waals surface area contributed by atoms with E-state index >= 15 is 0 Å². The van der Waals surface area contributed by atoms with Gasteiger partial charge in [0, 0.05) is 6.07 Å². The Hall–Kier alpha value is -4.92. The molecule has 232 valence electrons. The summed E-state index contributed by atoms with van der Waals surface area (Å²) in [6, 6.07) is 19.7. The Balaban J connectivity index is 1.39. The van der Waals surface area contributed by atoms with Crippen molar-refractivity contribution < 1.29 is 42.6 Å². The molecular weight excluding hydrogens is 564 g/mol. The van der Waals surface area contributed by atoms with Crippen LogP contribution in [-0.2, 0) is 25.7 Å². The maximum atomic E-state index is 6.47. The molecule has 9 heteroatoms. The summed E-state index contributed by atoms with van der Waals surface area (Å²) >= 11 is 0. The Morgan fingerprint density at radius 2 is 1.16 bits per heavy atom. The molecule has 0 fully saturated rings. The topological polar surface area (TPSA) is 83.1 Å². The first-order valence-corrected chi connectivity index (χ1v) is 14.3. The Labute approximate surface area is 258 Å². The second-order valence-corrected chi connectivity index (χ2v) is 10.1. The van der Waals surface area contributed by atoms with Gasteiger partial charge in [-0.1, -0.05) is 12.1 Å². The fourth-order valence-electron chi connectivity index (χ4n) is 5.22. The van der Waals surface area contributed by atoms with Crippen LogP contribution in [0, 0.1) is 0 Å². The Morgan fingerprint density at radius 3 is 1.82 bits per heavy atom. The lowest BCUT2D eigenvalue weighted by molar-refractivity contribution is 0.171. The van der Waals surface area contributed by atoms with Gasteiger partial charge in [-0.2, -0.15) is 0 Å². The quantitative estimate of drug-likeness (QED) is 0.154. The van der Waals surface area contributed by atoms with Gasteiger partial charge in [-0.15, -0.1) is 0 Å². The summed E-state index contributed by atoms with van der Waals surface area (Å²) in [5.41, 5.74) is 4.21. The summed E-state index contributed by atoms with van der Waals surface area (Å²) in [6.07, 6.45) is 2.96. The zero-order valence-electron chi connectivity index (χ0n) is 26.0. The van der Waals surface area contributed by atoms with Crippen molar-refractivity contribution >= 4 is 0 Å². The molecule has 1 heterocycles. The number of benzene rings is 4. The first-order chi connectivity index (χ1) is 21.5. The molecule has 4 aromatic rings. The number of methoxy groups -OCH3 is 6. The van der Waals surface area contributed by atoms with Gasteiger partial charge in [-0.25, -0.2) is 0 Å². The van der Waals surface area contributed by atoms with Crippen molar-refractivity contribution in [2.45, 2.75) is 25.7 Å². The third-order valence-corrected chi connectivity index (χ3v) is 7.54. The van der Waals surface area contributed by atoms with Crippen LogP contribution in [0.4, 0.5) is 0 Å². The number of aryl methyl sites for hydroxylation is 4. The van der Waals surface area contributed by atoms with Gasteiger partial charge in [0.2, 0.25) is 18.3 Å². The van der Waals surface area contributed by atoms with Crippen molar-refractivity contribution in [3.05, 3.63) is 82.9 Å². The Morgan fingerprint density at radius 1 is 0.523 bits per heavy atom. The van der Waals surface area contributed by atoms with Crippen LogP contribution in [0.5, 0.6) is 57.5 Å². The van der Waals surface area contributed by atoms with Gasteiger partial charge in [0.15, 0.2) is 34.5 Å². The van der Waals surface area contributed by atoms with E-state index in [2.05, 4.69) is 6.07 Å². The molecule has 0 spiro atoms. The van der Waals surface area contributed by atoms with Gasteiger partial charge >= 0.3 is 0 Å². The first kappa shape index (κ1) is 30.5. The van der Waals surface area contributed by atoms with E-state index in [9.17, 15) is 0 Å². The number of hydrogen-bond donors (Lipinski definition) is 0. The van der Waals surface area contributed by atoms with E-state index in [1.807, 2.05) is 54.6 Å². The molecule has 1 aliphatic heterocycles. The van der Waals surface area contributed by atoms with Crippen LogP contribution < -0.4 is 42.6 Å². The molecular formula is C35H38O9. The molecule has 9 nitrogen and oxygen atoms in total. The molecule has 0 radical (unpaired) electrons. The highest BCUT2D eigenvalue weighted by molar-refractivity contribution is 5.59. The highest BCUT2D eigenvalue weighted by atomic mass is 16.7. The summed E-state index contributed by atoms with van der Waals surface area (Å²) in [5, 5.41) is 0. The number of rotatable bonds is 14. The van der Waals surface area contributed by atoms with E-state index in [0.29, 0.717) is 58.2 Å². The summed E-state index contributed by atoms with van der Waals surface area (Å²) in [5.74, 6) is 6.10. The zero-order chi connectivity index (χ0) is 31.1. The van der Waals surface area contributed by atoms with Gasteiger partial charge in [0.25, 0.3) is 0 Å². The fraction of sp³-hybridized carbons (Fsp3) is 0.314. The lowest BCUT2D eigenvalue weighted by atomic mass is 10.0. The van der Waals surface area contributed by atoms with Crippen LogP contribution in [0.15, 0.2) is 60.7 Å². The van der Waals surface area contributed by atoms with E-state index < -0.39 is 0 Å². The molecule has 0 bridgehead atoms. The van der Waals surface area contributed by atoms with Gasteiger partial charge < -0.3 is 42.6 Å². The smallest absolute Gasteiger partial charge is 0.231 e. The number of hydrogen-bond acceptors (Lipinski definition) is 9. The van der Waals surface area contributed by atoms with Gasteiger partial charge in [0.1, 0.15) is 11.5 Å². The molecule has 0 unspecified atom stereocenters. The normalized spacial score (nSPS) is 11.6. The van der Waals surface area contributed by atoms with Crippen LogP contribution in [0.3, 0.4) is 0 Å². The maximum absolute atomic E-state index is 6.47. The van der Waals surface area contributed by atoms with Crippen molar-refractivity contribution in [3.8, 4) is 57.5 Å². The van der Waals surface area contributed by atoms with Gasteiger partial charge in [-0.3, -0.25) is 0 Å². The second-order valence-electron chi connectivity index (χ2n) is 10.1. The van der Waals surface area contributed by atoms with E-state index in [0.717, 1.165) is 47.3 Å². The average Bonchev–Trinajstić information content (AvgIpc) is 3.55. The lowest BCUT2D eigenvalue weighted by Gasteiger charge is -2.19. The minimum Gasteiger partial charge on any atom is -0.497 e. The molecule has 0 atom stereocenters. The van der Waals surface area contributed by atoms with Gasteiger partial charge in [0.05, 0.1) is 42.7 Å². The van der Waals surface area contributed by atoms with Crippen molar-refractivity contribution in [1.29, 1.82) is 0 Å². The van der Waals surface area contributed by atoms with Crippen molar-refractivity contribution in [2.24, 2.45) is 0 Å². The van der Waals surface area contributed by atoms with Crippen LogP contribution in [0.2, 0.25) is 0 Å². The average molecular weight is 603 g/mol. The molecule has 5 rings (SSSR count). The molecule has 44 heavy (non-hydrogen) atoms. The Bertz CT molecular complexity index is 1570. The monoisotopic (exact) mass is 602 g/mol. The third kappa shape index (κ3) is 6.67. The van der Waals surface area contributed by atoms with Gasteiger partial charge in [-0.05, 0) is 90.4 Å². The molecule has 0 saturated carbocycles. The van der Waals surface area contributed by atoms with Crippen molar-refractivity contribution in [3.63, 3.8) is 0 Å². The second kappa shape index (κ2) is 14.0. The molecule has 0 N–H and O–H groups in total. The predicted molar refractivity (Wildman–Crippen MR) is 166 cm³/mol. The minimum atomic E-state index is 0.188. The lowest BCUT2D eigenvalue weighted by Crippen LogP contribution is -2.02. The standard InChI is InChI=1S/C35H38O9/c1-36-26-9-7-8-22(14-26)12-13-25-19-29(28(38-3)20-27(25)37-2)44-35-31(40-5)16-23(17-32(35)41-6)10-11-24-15-30(39-4)34-33(18-24)42-21-43-34/h7-9,14-20H,10-13,21H2,1-6H3. The summed E-state index contributed by atoms with van der Waals surface area (Å²) < 4.78 is 51.4. The molecule has 1 aliphatic rings. The summed E-state index contributed by atoms with van der Waals surface area (Å²) in [4.78, 5) is 0. The largest absolute Gasteiger partial charge is 0.497 e. The van der Waals surface area contributed by atoms with E-state index in [1.165, 1.54) is 0 Å². The van der Waals surface area contributed by atoms with Crippen LogP contribution in [0.1, 0.15) is 22.3 Å². The molecule has 0 aromatic heterocycles. The van der Waals surface area contributed by atoms with Crippen molar-refractivity contribution in [1.82, 2.24) is 0 Å². The third-order valence-electron chi connectivity index (χ3n) is 7.54. The highest BCUT2D eigenvalue weighted by Crippen LogP contribution is 2.46. The Kier molecular flexibility index (Phi) is 9.74. The minimum absolute atomic E-state index is 0.188. The highest BCUT2D eigenvalue weighted by Gasteiger charge is 2.22. The predicted octanol–water partition coefficient (Wildman–Crippen LogP) is 6.83. The van der Waals surface area contributed by atoms with Crippen LogP contribution in [-0.4, -0.2) is 49.5 Å². The zero-order valence-corrected chi connectivity index (χ0v) is 26.0. The van der Waals surface area contributed by atoms with E-state index in [1.54, 1.807) is 42.7 Å². The summed E-state index contributed by atoms with van der Waals surface area (Å²) in [6.45, 7) is 0.188. The maximum Gasteiger partial charge on any atom is 0.231 e. The first-order valence-electron chi connectivity index (χ1n) is 14.3. The van der Waals surface area contributed by atoms with E-state index in [4.69, 9.17) is 42.6 Å². The molecule has 4 aromatic carbocycles.